The molecule has 1 unspecified atom stereocenters. The van der Waals surface area contributed by atoms with Crippen LogP contribution in [0.5, 0.6) is 0 Å². The van der Waals surface area contributed by atoms with E-state index in [1.54, 1.807) is 12.1 Å². The number of likely N-dealkylation sites (tertiary alicyclic amines) is 1. The number of aromatic amines is 1. The molecule has 0 spiro atoms. The maximum atomic E-state index is 12.5. The smallest absolute Gasteiger partial charge is 0.257 e. The fourth-order valence-corrected chi connectivity index (χ4v) is 5.37. The van der Waals surface area contributed by atoms with Crippen LogP contribution < -0.4 is 15.8 Å². The molecule has 0 aliphatic carbocycles. The first-order chi connectivity index (χ1) is 16.5. The number of imide groups is 1. The second-order valence-corrected chi connectivity index (χ2v) is 9.40. The summed E-state index contributed by atoms with van der Waals surface area (Å²) in [4.78, 5) is 43.6. The van der Waals surface area contributed by atoms with E-state index in [1.165, 1.54) is 6.92 Å². The summed E-state index contributed by atoms with van der Waals surface area (Å²) >= 11 is 0. The maximum Gasteiger partial charge on any atom is 0.257 e. The van der Waals surface area contributed by atoms with Gasteiger partial charge in [0.1, 0.15) is 0 Å². The molecular formula is C27H30N4O3. The monoisotopic (exact) mass is 458 g/mol. The fourth-order valence-electron chi connectivity index (χ4n) is 5.37. The van der Waals surface area contributed by atoms with Gasteiger partial charge in [-0.25, -0.2) is 0 Å². The minimum absolute atomic E-state index is 0.00431. The topological polar surface area (TPSA) is 85.5 Å². The number of piperidine rings is 1. The molecule has 0 radical (unpaired) electrons. The molecule has 2 aromatic carbocycles. The molecular weight excluding hydrogens is 428 g/mol. The molecule has 176 valence electrons. The average Bonchev–Trinajstić information content (AvgIpc) is 3.34. The number of hydrogen-bond acceptors (Lipinski definition) is 5. The number of carbonyl (C=O) groups is 2. The number of amides is 2. The summed E-state index contributed by atoms with van der Waals surface area (Å²) in [7, 11) is 0. The molecule has 2 saturated heterocycles. The van der Waals surface area contributed by atoms with Gasteiger partial charge in [-0.3, -0.25) is 24.6 Å². The van der Waals surface area contributed by atoms with Gasteiger partial charge in [-0.05, 0) is 67.6 Å². The SMILES string of the molecule is CC(=O)NC(=O)c1ccc(N2CCC(N3CCC(c4cc5ccccc5c(=O)[nH]4)C3)CC2)cc1. The Morgan fingerprint density at radius 1 is 0.971 bits per heavy atom. The Morgan fingerprint density at radius 3 is 2.44 bits per heavy atom. The van der Waals surface area contributed by atoms with Crippen LogP contribution in [0.2, 0.25) is 0 Å². The lowest BCUT2D eigenvalue weighted by molar-refractivity contribution is -0.118. The molecule has 2 fully saturated rings. The van der Waals surface area contributed by atoms with Gasteiger partial charge >= 0.3 is 0 Å². The number of aromatic nitrogens is 1. The fraction of sp³-hybridized carbons (Fsp3) is 0.370. The Kier molecular flexibility index (Phi) is 6.20. The average molecular weight is 459 g/mol. The van der Waals surface area contributed by atoms with Gasteiger partial charge in [-0.15, -0.1) is 0 Å². The van der Waals surface area contributed by atoms with Crippen molar-refractivity contribution in [2.45, 2.75) is 38.1 Å². The molecule has 7 nitrogen and oxygen atoms in total. The third kappa shape index (κ3) is 4.61. The number of nitrogens with zero attached hydrogens (tertiary/aromatic N) is 2. The summed E-state index contributed by atoms with van der Waals surface area (Å²) in [6, 6.07) is 17.9. The summed E-state index contributed by atoms with van der Waals surface area (Å²) < 4.78 is 0. The number of rotatable bonds is 4. The van der Waals surface area contributed by atoms with Gasteiger partial charge in [0, 0.05) is 60.8 Å². The van der Waals surface area contributed by atoms with Crippen molar-refractivity contribution >= 4 is 28.3 Å². The molecule has 7 heteroatoms. The van der Waals surface area contributed by atoms with E-state index >= 15 is 0 Å². The standard InChI is InChI=1S/C27H30N4O3/c1-18(32)28-26(33)19-6-8-22(9-7-19)30-14-11-23(12-15-30)31-13-10-21(17-31)25-16-20-4-2-3-5-24(20)27(34)29-25/h2-9,16,21,23H,10-15,17H2,1H3,(H,29,34)(H,28,32,33). The van der Waals surface area contributed by atoms with Crippen LogP contribution in [-0.2, 0) is 4.79 Å². The molecule has 1 aromatic heterocycles. The Balaban J connectivity index is 1.18. The van der Waals surface area contributed by atoms with E-state index in [-0.39, 0.29) is 17.4 Å². The van der Waals surface area contributed by atoms with Gasteiger partial charge in [0.05, 0.1) is 0 Å². The van der Waals surface area contributed by atoms with Crippen LogP contribution in [-0.4, -0.2) is 53.9 Å². The zero-order valence-electron chi connectivity index (χ0n) is 19.4. The third-order valence-corrected chi connectivity index (χ3v) is 7.20. The third-order valence-electron chi connectivity index (χ3n) is 7.20. The van der Waals surface area contributed by atoms with E-state index in [4.69, 9.17) is 0 Å². The molecule has 0 bridgehead atoms. The first kappa shape index (κ1) is 22.3. The van der Waals surface area contributed by atoms with Gasteiger partial charge in [-0.1, -0.05) is 18.2 Å². The molecule has 2 aliphatic heterocycles. The van der Waals surface area contributed by atoms with E-state index in [9.17, 15) is 14.4 Å². The van der Waals surface area contributed by atoms with Gasteiger partial charge in [0.25, 0.3) is 11.5 Å². The Morgan fingerprint density at radius 2 is 1.71 bits per heavy atom. The Hall–Kier alpha value is -3.45. The van der Waals surface area contributed by atoms with Crippen molar-refractivity contribution < 1.29 is 9.59 Å². The molecule has 1 atom stereocenters. The lowest BCUT2D eigenvalue weighted by Gasteiger charge is -2.38. The van der Waals surface area contributed by atoms with E-state index < -0.39 is 0 Å². The number of pyridine rings is 1. The maximum absolute atomic E-state index is 12.5. The molecule has 5 rings (SSSR count). The van der Waals surface area contributed by atoms with E-state index in [0.29, 0.717) is 17.5 Å². The zero-order chi connectivity index (χ0) is 23.7. The Bertz CT molecular complexity index is 1260. The first-order valence-electron chi connectivity index (χ1n) is 12.0. The molecule has 2 N–H and O–H groups in total. The van der Waals surface area contributed by atoms with Crippen LogP contribution in [0.4, 0.5) is 5.69 Å². The lowest BCUT2D eigenvalue weighted by atomic mass is 10.0. The van der Waals surface area contributed by atoms with Gasteiger partial charge in [-0.2, -0.15) is 0 Å². The van der Waals surface area contributed by atoms with Crippen molar-refractivity contribution in [2.24, 2.45) is 0 Å². The molecule has 0 saturated carbocycles. The summed E-state index contributed by atoms with van der Waals surface area (Å²) in [5.74, 6) is -0.356. The van der Waals surface area contributed by atoms with Crippen molar-refractivity contribution in [1.82, 2.24) is 15.2 Å². The summed E-state index contributed by atoms with van der Waals surface area (Å²) in [5, 5.41) is 4.07. The van der Waals surface area contributed by atoms with Crippen LogP contribution in [0.15, 0.2) is 59.4 Å². The number of anilines is 1. The molecule has 2 amide bonds. The highest BCUT2D eigenvalue weighted by Crippen LogP contribution is 2.31. The van der Waals surface area contributed by atoms with Crippen LogP contribution in [0.3, 0.4) is 0 Å². The second-order valence-electron chi connectivity index (χ2n) is 9.40. The quantitative estimate of drug-likeness (QED) is 0.627. The predicted molar refractivity (Wildman–Crippen MR) is 133 cm³/mol. The first-order valence-corrected chi connectivity index (χ1v) is 12.0. The highest BCUT2D eigenvalue weighted by Gasteiger charge is 2.32. The van der Waals surface area contributed by atoms with Crippen molar-refractivity contribution in [3.63, 3.8) is 0 Å². The number of carbonyl (C=O) groups excluding carboxylic acids is 2. The van der Waals surface area contributed by atoms with E-state index in [2.05, 4.69) is 26.2 Å². The minimum atomic E-state index is -0.367. The highest BCUT2D eigenvalue weighted by molar-refractivity contribution is 6.04. The zero-order valence-corrected chi connectivity index (χ0v) is 19.4. The summed E-state index contributed by atoms with van der Waals surface area (Å²) in [5.41, 5.74) is 2.65. The largest absolute Gasteiger partial charge is 0.371 e. The number of fused-ring (bicyclic) bond motifs is 1. The van der Waals surface area contributed by atoms with Gasteiger partial charge < -0.3 is 9.88 Å². The highest BCUT2D eigenvalue weighted by atomic mass is 16.2. The van der Waals surface area contributed by atoms with Gasteiger partial charge in [0.2, 0.25) is 5.91 Å². The second kappa shape index (κ2) is 9.43. The van der Waals surface area contributed by atoms with Crippen molar-refractivity contribution in [2.75, 3.05) is 31.1 Å². The summed E-state index contributed by atoms with van der Waals surface area (Å²) in [6.07, 6.45) is 3.25. The molecule has 2 aliphatic rings. The van der Waals surface area contributed by atoms with E-state index in [0.717, 1.165) is 67.6 Å². The minimum Gasteiger partial charge on any atom is -0.371 e. The normalized spacial score (nSPS) is 19.4. The Labute approximate surface area is 198 Å². The van der Waals surface area contributed by atoms with Gasteiger partial charge in [0.15, 0.2) is 0 Å². The number of benzene rings is 2. The number of H-pyrrole nitrogens is 1. The lowest BCUT2D eigenvalue weighted by Crippen LogP contribution is -2.44. The van der Waals surface area contributed by atoms with Crippen molar-refractivity contribution in [3.8, 4) is 0 Å². The van der Waals surface area contributed by atoms with Crippen LogP contribution in [0.1, 0.15) is 48.2 Å². The van der Waals surface area contributed by atoms with Crippen LogP contribution in [0, 0.1) is 0 Å². The van der Waals surface area contributed by atoms with E-state index in [1.807, 2.05) is 36.4 Å². The van der Waals surface area contributed by atoms with Crippen LogP contribution in [0.25, 0.3) is 10.8 Å². The number of hydrogen-bond donors (Lipinski definition) is 2. The number of nitrogens with one attached hydrogen (secondary N) is 2. The molecule has 34 heavy (non-hydrogen) atoms. The van der Waals surface area contributed by atoms with Crippen molar-refractivity contribution in [1.29, 1.82) is 0 Å². The summed E-state index contributed by atoms with van der Waals surface area (Å²) in [6.45, 7) is 5.32. The molecule has 3 aromatic rings. The molecule has 3 heterocycles. The van der Waals surface area contributed by atoms with Crippen molar-refractivity contribution in [3.05, 3.63) is 76.2 Å². The predicted octanol–water partition coefficient (Wildman–Crippen LogP) is 3.26. The van der Waals surface area contributed by atoms with Crippen LogP contribution >= 0.6 is 0 Å².